The minimum absolute atomic E-state index is 0.151. The summed E-state index contributed by atoms with van der Waals surface area (Å²) in [7, 11) is 0. The van der Waals surface area contributed by atoms with Crippen molar-refractivity contribution in [1.29, 1.82) is 0 Å². The van der Waals surface area contributed by atoms with Crippen molar-refractivity contribution in [3.8, 4) is 0 Å². The molecule has 2 aliphatic rings. The molecular weight excluding hydrogens is 440 g/mol. The number of aliphatic hydroxyl groups is 2. The van der Waals surface area contributed by atoms with Gasteiger partial charge in [0.05, 0.1) is 17.3 Å². The molecule has 1 heterocycles. The molecule has 0 saturated carbocycles. The zero-order valence-electron chi connectivity index (χ0n) is 23.2. The van der Waals surface area contributed by atoms with E-state index >= 15 is 0 Å². The van der Waals surface area contributed by atoms with Gasteiger partial charge in [-0.25, -0.2) is 4.79 Å². The number of fused-ring (bicyclic) bond motifs is 1. The fraction of sp³-hybridized carbons (Fsp3) is 0.767. The Bertz CT molecular complexity index is 836. The summed E-state index contributed by atoms with van der Waals surface area (Å²) in [6.07, 6.45) is 13.4. The average molecular weight is 491 g/mol. The van der Waals surface area contributed by atoms with Crippen LogP contribution < -0.4 is 0 Å². The monoisotopic (exact) mass is 490 g/mol. The van der Waals surface area contributed by atoms with E-state index in [0.29, 0.717) is 24.3 Å². The highest BCUT2D eigenvalue weighted by Crippen LogP contribution is 2.50. The van der Waals surface area contributed by atoms with Crippen LogP contribution in [-0.2, 0) is 9.53 Å². The molecule has 1 saturated heterocycles. The van der Waals surface area contributed by atoms with Crippen molar-refractivity contribution >= 4 is 5.97 Å². The Balaban J connectivity index is 1.79. The van der Waals surface area contributed by atoms with Gasteiger partial charge in [0.15, 0.2) is 0 Å². The molecule has 0 aromatic carbocycles. The Labute approximate surface area is 213 Å². The van der Waals surface area contributed by atoms with Gasteiger partial charge in [0.25, 0.3) is 0 Å². The van der Waals surface area contributed by atoms with Crippen molar-refractivity contribution < 1.29 is 24.9 Å². The van der Waals surface area contributed by atoms with E-state index in [1.54, 1.807) is 13.0 Å². The van der Waals surface area contributed by atoms with Crippen LogP contribution in [0.1, 0.15) is 119 Å². The third-order valence-electron chi connectivity index (χ3n) is 8.65. The predicted molar refractivity (Wildman–Crippen MR) is 142 cm³/mol. The predicted octanol–water partition coefficient (Wildman–Crippen LogP) is 6.88. The summed E-state index contributed by atoms with van der Waals surface area (Å²) in [6.45, 7) is 14.3. The lowest BCUT2D eigenvalue weighted by molar-refractivity contribution is -0.144. The van der Waals surface area contributed by atoms with Gasteiger partial charge >= 0.3 is 5.97 Å². The third kappa shape index (κ3) is 7.77. The van der Waals surface area contributed by atoms with E-state index in [1.165, 1.54) is 11.1 Å². The smallest absolute Gasteiger partial charge is 0.330 e. The van der Waals surface area contributed by atoms with Gasteiger partial charge in [0.2, 0.25) is 0 Å². The van der Waals surface area contributed by atoms with Gasteiger partial charge in [-0.15, -0.1) is 0 Å². The standard InChI is InChI=1S/C30H50O5/c1-8-30-24(5)23(4)26(31)20-25(30)15-19-29(7,35-30)18-10-13-21(2)12-9-16-28(6,34)17-11-14-22(3)27(32)33/h14,20-21,26,31,34H,8-13,15-19H2,1-7H3,(H,32,33)/b22-14+. The van der Waals surface area contributed by atoms with Gasteiger partial charge in [0.1, 0.15) is 5.60 Å². The maximum atomic E-state index is 10.9. The molecule has 2 rings (SSSR count). The van der Waals surface area contributed by atoms with E-state index in [2.05, 4.69) is 27.7 Å². The maximum Gasteiger partial charge on any atom is 0.330 e. The molecule has 5 nitrogen and oxygen atoms in total. The molecule has 1 aliphatic carbocycles. The molecule has 5 atom stereocenters. The Kier molecular flexibility index (Phi) is 10.4. The normalized spacial score (nSPS) is 29.9. The van der Waals surface area contributed by atoms with Crippen molar-refractivity contribution in [3.05, 3.63) is 34.4 Å². The van der Waals surface area contributed by atoms with Gasteiger partial charge in [-0.2, -0.15) is 0 Å². The molecule has 0 amide bonds. The SMILES string of the molecule is CCC12OC(C)(CCCC(C)CCCC(C)(O)CC/C=C(\C)C(=O)O)CCC1=CC(O)C(C)=C2C. The number of hydrogen-bond acceptors (Lipinski definition) is 4. The molecule has 1 fully saturated rings. The summed E-state index contributed by atoms with van der Waals surface area (Å²) in [4.78, 5) is 10.9. The quantitative estimate of drug-likeness (QED) is 0.193. The van der Waals surface area contributed by atoms with Crippen LogP contribution in [0, 0.1) is 5.92 Å². The van der Waals surface area contributed by atoms with Crippen LogP contribution >= 0.6 is 0 Å². The van der Waals surface area contributed by atoms with E-state index in [9.17, 15) is 15.0 Å². The first-order valence-corrected chi connectivity index (χ1v) is 13.6. The summed E-state index contributed by atoms with van der Waals surface area (Å²) in [6, 6.07) is 0. The van der Waals surface area contributed by atoms with Crippen LogP contribution in [0.25, 0.3) is 0 Å². The van der Waals surface area contributed by atoms with Crippen LogP contribution in [0.4, 0.5) is 0 Å². The number of aliphatic hydroxyl groups excluding tert-OH is 1. The number of hydrogen-bond donors (Lipinski definition) is 3. The first-order chi connectivity index (χ1) is 16.3. The van der Waals surface area contributed by atoms with Crippen molar-refractivity contribution in [2.24, 2.45) is 5.92 Å². The number of ether oxygens (including phenoxy) is 1. The molecular formula is C30H50O5. The number of aliphatic carboxylic acids is 1. The summed E-state index contributed by atoms with van der Waals surface area (Å²) >= 11 is 0. The fourth-order valence-electron chi connectivity index (χ4n) is 5.88. The van der Waals surface area contributed by atoms with E-state index in [-0.39, 0.29) is 11.2 Å². The van der Waals surface area contributed by atoms with Crippen molar-refractivity contribution in [2.75, 3.05) is 0 Å². The van der Waals surface area contributed by atoms with E-state index in [0.717, 1.165) is 63.4 Å². The second-order valence-electron chi connectivity index (χ2n) is 11.8. The minimum Gasteiger partial charge on any atom is -0.478 e. The molecule has 35 heavy (non-hydrogen) atoms. The number of carboxylic acids is 1. The number of carboxylic acid groups (broad SMARTS) is 1. The van der Waals surface area contributed by atoms with Gasteiger partial charge in [-0.05, 0) is 108 Å². The highest BCUT2D eigenvalue weighted by molar-refractivity contribution is 5.85. The molecule has 1 aliphatic heterocycles. The number of carbonyl (C=O) groups is 1. The first kappa shape index (κ1) is 29.8. The van der Waals surface area contributed by atoms with Crippen LogP contribution in [0.5, 0.6) is 0 Å². The summed E-state index contributed by atoms with van der Waals surface area (Å²) < 4.78 is 6.91. The summed E-state index contributed by atoms with van der Waals surface area (Å²) in [5.41, 5.74) is 2.54. The largest absolute Gasteiger partial charge is 0.478 e. The lowest BCUT2D eigenvalue weighted by Gasteiger charge is -2.51. The average Bonchev–Trinajstić information content (AvgIpc) is 2.78. The molecule has 200 valence electrons. The summed E-state index contributed by atoms with van der Waals surface area (Å²) in [5.74, 6) is -0.302. The fourth-order valence-corrected chi connectivity index (χ4v) is 5.88. The van der Waals surface area contributed by atoms with Crippen LogP contribution in [-0.4, -0.2) is 44.2 Å². The number of allylic oxidation sites excluding steroid dienone is 1. The minimum atomic E-state index is -0.896. The zero-order valence-corrected chi connectivity index (χ0v) is 23.2. The second-order valence-corrected chi connectivity index (χ2v) is 11.8. The first-order valence-electron chi connectivity index (χ1n) is 13.6. The molecule has 5 unspecified atom stereocenters. The van der Waals surface area contributed by atoms with Crippen molar-refractivity contribution in [2.45, 2.75) is 142 Å². The Morgan fingerprint density at radius 3 is 2.57 bits per heavy atom. The van der Waals surface area contributed by atoms with Gasteiger partial charge in [-0.1, -0.05) is 45.6 Å². The van der Waals surface area contributed by atoms with Crippen molar-refractivity contribution in [1.82, 2.24) is 0 Å². The highest BCUT2D eigenvalue weighted by atomic mass is 16.5. The molecule has 0 aromatic heterocycles. The van der Waals surface area contributed by atoms with Gasteiger partial charge < -0.3 is 20.1 Å². The van der Waals surface area contributed by atoms with Crippen LogP contribution in [0.15, 0.2) is 34.4 Å². The molecule has 0 bridgehead atoms. The van der Waals surface area contributed by atoms with Crippen molar-refractivity contribution in [3.63, 3.8) is 0 Å². The van der Waals surface area contributed by atoms with E-state index in [1.807, 2.05) is 19.9 Å². The zero-order chi connectivity index (χ0) is 26.4. The summed E-state index contributed by atoms with van der Waals surface area (Å²) in [5, 5.41) is 30.0. The molecule has 0 spiro atoms. The Morgan fingerprint density at radius 1 is 1.29 bits per heavy atom. The lowest BCUT2D eigenvalue weighted by atomic mass is 9.70. The van der Waals surface area contributed by atoms with Gasteiger partial charge in [0, 0.05) is 5.57 Å². The van der Waals surface area contributed by atoms with Crippen LogP contribution in [0.2, 0.25) is 0 Å². The van der Waals surface area contributed by atoms with Crippen LogP contribution in [0.3, 0.4) is 0 Å². The Hall–Kier alpha value is -1.43. The van der Waals surface area contributed by atoms with Gasteiger partial charge in [-0.3, -0.25) is 0 Å². The topological polar surface area (TPSA) is 87.0 Å². The second kappa shape index (κ2) is 12.2. The third-order valence-corrected chi connectivity index (χ3v) is 8.65. The molecule has 5 heteroatoms. The van der Waals surface area contributed by atoms with E-state index in [4.69, 9.17) is 9.84 Å². The lowest BCUT2D eigenvalue weighted by Crippen LogP contribution is -2.51. The molecule has 0 radical (unpaired) electrons. The van der Waals surface area contributed by atoms with E-state index < -0.39 is 17.7 Å². The number of rotatable bonds is 13. The molecule has 3 N–H and O–H groups in total. The Morgan fingerprint density at radius 2 is 1.94 bits per heavy atom. The molecule has 0 aromatic rings. The highest BCUT2D eigenvalue weighted by Gasteiger charge is 2.48. The maximum absolute atomic E-state index is 10.9.